The van der Waals surface area contributed by atoms with E-state index in [-0.39, 0.29) is 27.4 Å². The quantitative estimate of drug-likeness (QED) is 0.832. The van der Waals surface area contributed by atoms with E-state index in [0.29, 0.717) is 0 Å². The van der Waals surface area contributed by atoms with E-state index < -0.39 is 15.8 Å². The Labute approximate surface area is 129 Å². The van der Waals surface area contributed by atoms with Crippen LogP contribution in [0.3, 0.4) is 0 Å². The molecule has 1 aliphatic rings. The number of nitrogens with two attached hydrogens (primary N) is 1. The van der Waals surface area contributed by atoms with Crippen molar-refractivity contribution in [3.05, 3.63) is 23.5 Å². The van der Waals surface area contributed by atoms with Crippen LogP contribution in [0.15, 0.2) is 17.0 Å². The highest BCUT2D eigenvalue weighted by atomic mass is 32.2. The molecule has 0 bridgehead atoms. The maximum absolute atomic E-state index is 13.7. The monoisotopic (exact) mass is 332 g/mol. The van der Waals surface area contributed by atoms with Crippen molar-refractivity contribution >= 4 is 27.5 Å². The van der Waals surface area contributed by atoms with Gasteiger partial charge in [-0.3, -0.25) is 0 Å². The molecule has 7 heteroatoms. The molecule has 118 valence electrons. The van der Waals surface area contributed by atoms with E-state index in [1.54, 1.807) is 11.8 Å². The average molecular weight is 332 g/mol. The van der Waals surface area contributed by atoms with Crippen LogP contribution in [0.1, 0.15) is 31.2 Å². The molecule has 0 aliphatic heterocycles. The van der Waals surface area contributed by atoms with E-state index in [4.69, 9.17) is 5.73 Å². The second-order valence-corrected chi connectivity index (χ2v) is 8.20. The number of halogens is 1. The second-order valence-electron chi connectivity index (χ2n) is 5.41. The number of benzene rings is 1. The van der Waals surface area contributed by atoms with Crippen LogP contribution in [-0.4, -0.2) is 26.0 Å². The molecule has 21 heavy (non-hydrogen) atoms. The van der Waals surface area contributed by atoms with Gasteiger partial charge in [0.05, 0.1) is 4.90 Å². The zero-order valence-electron chi connectivity index (χ0n) is 12.2. The Kier molecular flexibility index (Phi) is 5.16. The van der Waals surface area contributed by atoms with Crippen LogP contribution in [0.4, 0.5) is 10.1 Å². The molecular formula is C14H21FN2O2S2. The van der Waals surface area contributed by atoms with Crippen molar-refractivity contribution in [2.45, 2.75) is 48.8 Å². The first-order chi connectivity index (χ1) is 9.85. The lowest BCUT2D eigenvalue weighted by molar-refractivity contribution is 0.423. The van der Waals surface area contributed by atoms with Gasteiger partial charge in [0.25, 0.3) is 0 Å². The third-order valence-corrected chi connectivity index (χ3v) is 6.62. The Balaban J connectivity index is 2.26. The molecule has 2 atom stereocenters. The molecule has 1 aromatic carbocycles. The summed E-state index contributed by atoms with van der Waals surface area (Å²) in [6, 6.07) is 2.24. The number of anilines is 1. The van der Waals surface area contributed by atoms with Crippen molar-refractivity contribution in [3.63, 3.8) is 0 Å². The van der Waals surface area contributed by atoms with Gasteiger partial charge in [-0.15, -0.1) is 0 Å². The van der Waals surface area contributed by atoms with Crippen molar-refractivity contribution in [3.8, 4) is 0 Å². The van der Waals surface area contributed by atoms with E-state index in [1.807, 2.05) is 6.26 Å². The Morgan fingerprint density at radius 1 is 1.33 bits per heavy atom. The Hall–Kier alpha value is -0.790. The lowest BCUT2D eigenvalue weighted by Gasteiger charge is -2.30. The summed E-state index contributed by atoms with van der Waals surface area (Å²) >= 11 is 1.67. The molecule has 1 aromatic rings. The van der Waals surface area contributed by atoms with Crippen LogP contribution >= 0.6 is 11.8 Å². The Morgan fingerprint density at radius 2 is 2.00 bits per heavy atom. The van der Waals surface area contributed by atoms with E-state index >= 15 is 0 Å². The van der Waals surface area contributed by atoms with Gasteiger partial charge in [-0.05, 0) is 38.2 Å². The maximum Gasteiger partial charge on any atom is 0.241 e. The van der Waals surface area contributed by atoms with Gasteiger partial charge in [0.1, 0.15) is 5.82 Å². The zero-order chi connectivity index (χ0) is 15.6. The summed E-state index contributed by atoms with van der Waals surface area (Å²) < 4.78 is 41.3. The van der Waals surface area contributed by atoms with Crippen molar-refractivity contribution in [1.82, 2.24) is 4.72 Å². The molecule has 0 spiro atoms. The van der Waals surface area contributed by atoms with E-state index in [0.717, 1.165) is 31.7 Å². The number of sulfonamides is 1. The first-order valence-electron chi connectivity index (χ1n) is 6.96. The summed E-state index contributed by atoms with van der Waals surface area (Å²) in [6.45, 7) is 1.53. The van der Waals surface area contributed by atoms with Crippen molar-refractivity contribution in [2.24, 2.45) is 0 Å². The van der Waals surface area contributed by atoms with Gasteiger partial charge in [-0.25, -0.2) is 17.5 Å². The minimum absolute atomic E-state index is 0.103. The largest absolute Gasteiger partial charge is 0.398 e. The fourth-order valence-corrected chi connectivity index (χ4v) is 4.99. The minimum atomic E-state index is -3.75. The average Bonchev–Trinajstić information content (AvgIpc) is 2.44. The van der Waals surface area contributed by atoms with Gasteiger partial charge in [0.15, 0.2) is 0 Å². The fraction of sp³-hybridized carbons (Fsp3) is 0.571. The molecule has 2 unspecified atom stereocenters. The number of nitrogens with one attached hydrogen (secondary N) is 1. The molecule has 0 aromatic heterocycles. The Bertz CT molecular complexity index is 596. The van der Waals surface area contributed by atoms with E-state index in [1.165, 1.54) is 13.0 Å². The number of rotatable bonds is 4. The first kappa shape index (κ1) is 16.6. The van der Waals surface area contributed by atoms with Gasteiger partial charge in [-0.2, -0.15) is 11.8 Å². The van der Waals surface area contributed by atoms with Crippen LogP contribution in [0.2, 0.25) is 0 Å². The molecule has 2 rings (SSSR count). The molecule has 0 saturated heterocycles. The summed E-state index contributed by atoms with van der Waals surface area (Å²) in [6.07, 6.45) is 5.93. The summed E-state index contributed by atoms with van der Waals surface area (Å²) in [5.74, 6) is -0.597. The normalized spacial score (nSPS) is 23.2. The van der Waals surface area contributed by atoms with Gasteiger partial charge in [0.2, 0.25) is 10.0 Å². The molecule has 0 amide bonds. The zero-order valence-corrected chi connectivity index (χ0v) is 13.9. The number of nitrogen functional groups attached to an aromatic ring is 1. The molecular weight excluding hydrogens is 311 g/mol. The molecule has 4 nitrogen and oxygen atoms in total. The third kappa shape index (κ3) is 3.70. The van der Waals surface area contributed by atoms with Crippen LogP contribution in [0, 0.1) is 12.7 Å². The standard InChI is InChI=1S/C14H21FN2O2S2/c1-9-11(15)7-10(8-12(9)16)21(18,19)17-13-5-3-4-6-14(13)20-2/h7-8,13-14,17H,3-6,16H2,1-2H3. The van der Waals surface area contributed by atoms with Gasteiger partial charge in [-0.1, -0.05) is 12.8 Å². The maximum atomic E-state index is 13.7. The van der Waals surface area contributed by atoms with Crippen LogP contribution in [-0.2, 0) is 10.0 Å². The van der Waals surface area contributed by atoms with Crippen molar-refractivity contribution < 1.29 is 12.8 Å². The number of hydrogen-bond acceptors (Lipinski definition) is 4. The highest BCUT2D eigenvalue weighted by molar-refractivity contribution is 7.99. The predicted molar refractivity (Wildman–Crippen MR) is 85.4 cm³/mol. The summed E-state index contributed by atoms with van der Waals surface area (Å²) in [4.78, 5) is -0.103. The lowest BCUT2D eigenvalue weighted by Crippen LogP contribution is -2.43. The summed E-state index contributed by atoms with van der Waals surface area (Å²) in [5, 5.41) is 0.265. The van der Waals surface area contributed by atoms with Gasteiger partial charge in [0, 0.05) is 22.5 Å². The molecule has 0 radical (unpaired) electrons. The molecule has 1 fully saturated rings. The molecule has 3 N–H and O–H groups in total. The Morgan fingerprint density at radius 3 is 2.62 bits per heavy atom. The lowest BCUT2D eigenvalue weighted by atomic mass is 9.96. The predicted octanol–water partition coefficient (Wildman–Crippen LogP) is 2.67. The number of hydrogen-bond donors (Lipinski definition) is 2. The highest BCUT2D eigenvalue weighted by Gasteiger charge is 2.29. The summed E-state index contributed by atoms with van der Waals surface area (Å²) in [5.41, 5.74) is 6.09. The molecule has 1 saturated carbocycles. The first-order valence-corrected chi connectivity index (χ1v) is 9.73. The van der Waals surface area contributed by atoms with Crippen LogP contribution < -0.4 is 10.5 Å². The van der Waals surface area contributed by atoms with E-state index in [2.05, 4.69) is 4.72 Å². The SMILES string of the molecule is CSC1CCCCC1NS(=O)(=O)c1cc(N)c(C)c(F)c1. The molecule has 1 aliphatic carbocycles. The second kappa shape index (κ2) is 6.54. The highest BCUT2D eigenvalue weighted by Crippen LogP contribution is 2.29. The smallest absolute Gasteiger partial charge is 0.241 e. The minimum Gasteiger partial charge on any atom is -0.398 e. The topological polar surface area (TPSA) is 72.2 Å². The molecule has 0 heterocycles. The summed E-state index contributed by atoms with van der Waals surface area (Å²) in [7, 11) is -3.75. The third-order valence-electron chi connectivity index (χ3n) is 3.98. The fourth-order valence-electron chi connectivity index (χ4n) is 2.61. The van der Waals surface area contributed by atoms with E-state index in [9.17, 15) is 12.8 Å². The van der Waals surface area contributed by atoms with Crippen LogP contribution in [0.5, 0.6) is 0 Å². The van der Waals surface area contributed by atoms with Gasteiger partial charge < -0.3 is 5.73 Å². The number of thioether (sulfide) groups is 1. The van der Waals surface area contributed by atoms with Crippen molar-refractivity contribution in [1.29, 1.82) is 0 Å². The van der Waals surface area contributed by atoms with Gasteiger partial charge >= 0.3 is 0 Å². The van der Waals surface area contributed by atoms with Crippen LogP contribution in [0.25, 0.3) is 0 Å². The van der Waals surface area contributed by atoms with Crippen molar-refractivity contribution in [2.75, 3.05) is 12.0 Å².